The van der Waals surface area contributed by atoms with Crippen LogP contribution in [0.25, 0.3) is 0 Å². The van der Waals surface area contributed by atoms with Crippen LogP contribution in [0.2, 0.25) is 0 Å². The van der Waals surface area contributed by atoms with E-state index in [1.54, 1.807) is 48.5 Å². The van der Waals surface area contributed by atoms with Crippen molar-refractivity contribution in [3.8, 4) is 5.75 Å². The number of carbonyl (C=O) groups is 3. The third-order valence-electron chi connectivity index (χ3n) is 4.08. The molecule has 0 aliphatic heterocycles. The van der Waals surface area contributed by atoms with Crippen molar-refractivity contribution in [1.29, 1.82) is 0 Å². The molecule has 7 heteroatoms. The highest BCUT2D eigenvalue weighted by atomic mass is 79.9. The zero-order chi connectivity index (χ0) is 21.2. The lowest BCUT2D eigenvalue weighted by molar-refractivity contribution is -0.145. The first-order chi connectivity index (χ1) is 13.9. The fraction of sp³-hybridized carbons (Fsp3) is 0.318. The SMILES string of the molecule is CCCCOc1ccc(C(=O)NCC(=O)OC(C)C(=O)c2ccc(Br)cc2)cc1. The molecule has 29 heavy (non-hydrogen) atoms. The van der Waals surface area contributed by atoms with Crippen molar-refractivity contribution in [1.82, 2.24) is 5.32 Å². The van der Waals surface area contributed by atoms with Gasteiger partial charge in [-0.05, 0) is 49.7 Å². The van der Waals surface area contributed by atoms with E-state index in [0.29, 0.717) is 23.5 Å². The molecular formula is C22H24BrNO5. The fourth-order valence-electron chi connectivity index (χ4n) is 2.43. The summed E-state index contributed by atoms with van der Waals surface area (Å²) in [5.41, 5.74) is 0.846. The maximum atomic E-state index is 12.3. The van der Waals surface area contributed by atoms with Crippen molar-refractivity contribution in [2.24, 2.45) is 0 Å². The molecule has 0 aliphatic rings. The van der Waals surface area contributed by atoms with Gasteiger partial charge in [0, 0.05) is 15.6 Å². The summed E-state index contributed by atoms with van der Waals surface area (Å²) in [6.45, 7) is 3.89. The molecule has 154 valence electrons. The molecule has 0 heterocycles. The number of carbonyl (C=O) groups excluding carboxylic acids is 3. The first-order valence-electron chi connectivity index (χ1n) is 9.41. The van der Waals surface area contributed by atoms with E-state index in [1.165, 1.54) is 6.92 Å². The molecule has 6 nitrogen and oxygen atoms in total. The molecule has 1 unspecified atom stereocenters. The molecule has 2 aromatic carbocycles. The number of nitrogens with one attached hydrogen (secondary N) is 1. The summed E-state index contributed by atoms with van der Waals surface area (Å²) in [6, 6.07) is 13.4. The van der Waals surface area contributed by atoms with Crippen molar-refractivity contribution < 1.29 is 23.9 Å². The van der Waals surface area contributed by atoms with Crippen molar-refractivity contribution in [3.63, 3.8) is 0 Å². The van der Waals surface area contributed by atoms with E-state index in [4.69, 9.17) is 9.47 Å². The fourth-order valence-corrected chi connectivity index (χ4v) is 2.70. The number of unbranched alkanes of at least 4 members (excludes halogenated alkanes) is 1. The lowest BCUT2D eigenvalue weighted by Crippen LogP contribution is -2.34. The topological polar surface area (TPSA) is 81.7 Å². The van der Waals surface area contributed by atoms with E-state index < -0.39 is 18.0 Å². The Labute approximate surface area is 178 Å². The Bertz CT molecular complexity index is 833. The van der Waals surface area contributed by atoms with Crippen LogP contribution in [-0.2, 0) is 9.53 Å². The average Bonchev–Trinajstić information content (AvgIpc) is 2.72. The first-order valence-corrected chi connectivity index (χ1v) is 10.2. The quantitative estimate of drug-likeness (QED) is 0.326. The highest BCUT2D eigenvalue weighted by Gasteiger charge is 2.20. The molecule has 1 N–H and O–H groups in total. The minimum Gasteiger partial charge on any atom is -0.494 e. The normalized spacial score (nSPS) is 11.4. The molecule has 0 aliphatic carbocycles. The first kappa shape index (κ1) is 22.6. The minimum absolute atomic E-state index is 0.309. The van der Waals surface area contributed by atoms with E-state index in [9.17, 15) is 14.4 Å². The van der Waals surface area contributed by atoms with Crippen molar-refractivity contribution in [3.05, 3.63) is 64.1 Å². The van der Waals surface area contributed by atoms with Gasteiger partial charge in [-0.25, -0.2) is 0 Å². The van der Waals surface area contributed by atoms with Gasteiger partial charge in [0.2, 0.25) is 5.78 Å². The Morgan fingerprint density at radius 2 is 1.62 bits per heavy atom. The van der Waals surface area contributed by atoms with Crippen LogP contribution in [0.1, 0.15) is 47.4 Å². The maximum absolute atomic E-state index is 12.3. The van der Waals surface area contributed by atoms with Crippen LogP contribution in [-0.4, -0.2) is 36.9 Å². The van der Waals surface area contributed by atoms with Crippen LogP contribution in [0.15, 0.2) is 53.0 Å². The van der Waals surface area contributed by atoms with E-state index >= 15 is 0 Å². The summed E-state index contributed by atoms with van der Waals surface area (Å²) < 4.78 is 11.5. The summed E-state index contributed by atoms with van der Waals surface area (Å²) in [6.07, 6.45) is 1.07. The van der Waals surface area contributed by atoms with Gasteiger partial charge in [0.1, 0.15) is 12.3 Å². The van der Waals surface area contributed by atoms with Gasteiger partial charge in [0.25, 0.3) is 5.91 Å². The molecule has 1 atom stereocenters. The van der Waals surface area contributed by atoms with Gasteiger partial charge in [-0.3, -0.25) is 14.4 Å². The molecule has 2 rings (SSSR count). The number of benzene rings is 2. The number of esters is 1. The number of ether oxygens (including phenoxy) is 2. The van der Waals surface area contributed by atoms with E-state index in [0.717, 1.165) is 17.3 Å². The average molecular weight is 462 g/mol. The van der Waals surface area contributed by atoms with Gasteiger partial charge >= 0.3 is 5.97 Å². The molecule has 0 bridgehead atoms. The number of halogens is 1. The van der Waals surface area contributed by atoms with Crippen LogP contribution < -0.4 is 10.1 Å². The summed E-state index contributed by atoms with van der Waals surface area (Å²) in [7, 11) is 0. The van der Waals surface area contributed by atoms with Crippen LogP contribution >= 0.6 is 15.9 Å². The molecule has 0 saturated heterocycles. The molecule has 0 fully saturated rings. The smallest absolute Gasteiger partial charge is 0.326 e. The summed E-state index contributed by atoms with van der Waals surface area (Å²) in [4.78, 5) is 36.4. The van der Waals surface area contributed by atoms with Crippen molar-refractivity contribution >= 4 is 33.6 Å². The van der Waals surface area contributed by atoms with Crippen molar-refractivity contribution in [2.75, 3.05) is 13.2 Å². The molecule has 0 aromatic heterocycles. The predicted molar refractivity (Wildman–Crippen MR) is 113 cm³/mol. The number of ketones is 1. The zero-order valence-corrected chi connectivity index (χ0v) is 18.0. The van der Waals surface area contributed by atoms with E-state index in [2.05, 4.69) is 28.2 Å². The highest BCUT2D eigenvalue weighted by molar-refractivity contribution is 9.10. The Morgan fingerprint density at radius 1 is 1.00 bits per heavy atom. The zero-order valence-electron chi connectivity index (χ0n) is 16.4. The van der Waals surface area contributed by atoms with Gasteiger partial charge < -0.3 is 14.8 Å². The van der Waals surface area contributed by atoms with Crippen LogP contribution in [0.3, 0.4) is 0 Å². The molecular weight excluding hydrogens is 438 g/mol. The number of hydrogen-bond acceptors (Lipinski definition) is 5. The third-order valence-corrected chi connectivity index (χ3v) is 4.61. The second-order valence-electron chi connectivity index (χ2n) is 6.41. The maximum Gasteiger partial charge on any atom is 0.326 e. The Morgan fingerprint density at radius 3 is 2.24 bits per heavy atom. The molecule has 0 saturated carbocycles. The number of amides is 1. The Hall–Kier alpha value is -2.67. The monoisotopic (exact) mass is 461 g/mol. The molecule has 0 spiro atoms. The summed E-state index contributed by atoms with van der Waals surface area (Å²) in [5, 5.41) is 2.49. The van der Waals surface area contributed by atoms with Gasteiger partial charge in [-0.1, -0.05) is 41.4 Å². The Kier molecular flexibility index (Phi) is 8.86. The van der Waals surface area contributed by atoms with Crippen LogP contribution in [0, 0.1) is 0 Å². The van der Waals surface area contributed by atoms with Gasteiger partial charge in [-0.15, -0.1) is 0 Å². The predicted octanol–water partition coefficient (Wildman–Crippen LogP) is 4.17. The lowest BCUT2D eigenvalue weighted by atomic mass is 10.1. The van der Waals surface area contributed by atoms with Gasteiger partial charge in [0.15, 0.2) is 6.10 Å². The minimum atomic E-state index is -0.944. The second-order valence-corrected chi connectivity index (χ2v) is 7.33. The van der Waals surface area contributed by atoms with Crippen LogP contribution in [0.5, 0.6) is 5.75 Å². The molecule has 2 aromatic rings. The largest absolute Gasteiger partial charge is 0.494 e. The van der Waals surface area contributed by atoms with E-state index in [-0.39, 0.29) is 12.3 Å². The summed E-state index contributed by atoms with van der Waals surface area (Å²) in [5.74, 6) is -0.713. The standard InChI is InChI=1S/C22H24BrNO5/c1-3-4-13-28-19-11-7-17(8-12-19)22(27)24-14-20(25)29-15(2)21(26)16-5-9-18(23)10-6-16/h5-12,15H,3-4,13-14H2,1-2H3,(H,24,27). The van der Waals surface area contributed by atoms with Gasteiger partial charge in [-0.2, -0.15) is 0 Å². The highest BCUT2D eigenvalue weighted by Crippen LogP contribution is 2.14. The Balaban J connectivity index is 1.79. The van der Waals surface area contributed by atoms with Crippen molar-refractivity contribution in [2.45, 2.75) is 32.8 Å². The summed E-state index contributed by atoms with van der Waals surface area (Å²) >= 11 is 3.30. The second kappa shape index (κ2) is 11.4. The number of rotatable bonds is 10. The van der Waals surface area contributed by atoms with Crippen LogP contribution in [0.4, 0.5) is 0 Å². The van der Waals surface area contributed by atoms with Gasteiger partial charge in [0.05, 0.1) is 6.61 Å². The number of hydrogen-bond donors (Lipinski definition) is 1. The molecule has 0 radical (unpaired) electrons. The number of Topliss-reactive ketones (excluding diaryl/α,β-unsaturated/α-hetero) is 1. The molecule has 1 amide bonds. The van der Waals surface area contributed by atoms with E-state index in [1.807, 2.05) is 0 Å². The lowest BCUT2D eigenvalue weighted by Gasteiger charge is -2.13. The third kappa shape index (κ3) is 7.34.